The Morgan fingerprint density at radius 1 is 1.12 bits per heavy atom. The van der Waals surface area contributed by atoms with Crippen molar-refractivity contribution >= 4 is 28.8 Å². The predicted molar refractivity (Wildman–Crippen MR) is 128 cm³/mol. The second kappa shape index (κ2) is 9.35. The summed E-state index contributed by atoms with van der Waals surface area (Å²) in [5.41, 5.74) is 4.91. The predicted octanol–water partition coefficient (Wildman–Crippen LogP) is 2.55. The molecule has 2 aromatic carbocycles. The fourth-order valence-corrected chi connectivity index (χ4v) is 4.03. The van der Waals surface area contributed by atoms with Crippen LogP contribution in [0.5, 0.6) is 0 Å². The van der Waals surface area contributed by atoms with Crippen LogP contribution in [0.15, 0.2) is 57.6 Å². The molecule has 0 aliphatic heterocycles. The van der Waals surface area contributed by atoms with Gasteiger partial charge in [0, 0.05) is 10.7 Å². The normalized spacial score (nSPS) is 13.8. The lowest BCUT2D eigenvalue weighted by molar-refractivity contribution is 0.0785. The number of anilines is 2. The van der Waals surface area contributed by atoms with Crippen molar-refractivity contribution in [1.82, 2.24) is 14.1 Å². The molecule has 0 unspecified atom stereocenters. The molecule has 1 aromatic heterocycles. The Labute approximate surface area is 195 Å². The molecule has 33 heavy (non-hydrogen) atoms. The van der Waals surface area contributed by atoms with Crippen LogP contribution in [-0.2, 0) is 19.5 Å². The molecule has 1 heterocycles. The van der Waals surface area contributed by atoms with E-state index in [4.69, 9.17) is 16.7 Å². The second-order valence-corrected chi connectivity index (χ2v) is 8.68. The van der Waals surface area contributed by atoms with Gasteiger partial charge in [-0.25, -0.2) is 14.2 Å². The lowest BCUT2D eigenvalue weighted by Gasteiger charge is -2.17. The van der Waals surface area contributed by atoms with Crippen molar-refractivity contribution in [2.24, 2.45) is 0 Å². The first-order valence-corrected chi connectivity index (χ1v) is 11.0. The summed E-state index contributed by atoms with van der Waals surface area (Å²) < 4.78 is 2.15. The first-order valence-electron chi connectivity index (χ1n) is 10.6. The van der Waals surface area contributed by atoms with Crippen LogP contribution >= 0.6 is 11.6 Å². The summed E-state index contributed by atoms with van der Waals surface area (Å²) >= 11 is 5.98. The molecule has 4 rings (SSSR count). The third kappa shape index (κ3) is 4.78. The SMILES string of the molecule is CC1=C(C)c2cc(Nc3nc(=O)n(C[C@H](O)CO)c(=O)n3Cc3ccc(Cl)cc3)ccc2C1. The fourth-order valence-electron chi connectivity index (χ4n) is 3.90. The summed E-state index contributed by atoms with van der Waals surface area (Å²) in [5.74, 6) is 0.0889. The molecular weight excluding hydrogens is 444 g/mol. The first-order chi connectivity index (χ1) is 15.8. The Morgan fingerprint density at radius 2 is 1.85 bits per heavy atom. The van der Waals surface area contributed by atoms with E-state index >= 15 is 0 Å². The Morgan fingerprint density at radius 3 is 2.55 bits per heavy atom. The smallest absolute Gasteiger partial charge is 0.355 e. The van der Waals surface area contributed by atoms with Crippen LogP contribution in [0, 0.1) is 0 Å². The number of nitrogens with one attached hydrogen (secondary N) is 1. The van der Waals surface area contributed by atoms with Gasteiger partial charge >= 0.3 is 11.4 Å². The third-order valence-corrected chi connectivity index (χ3v) is 6.13. The standard InChI is InChI=1S/C24H25ClN4O4/c1-14-9-17-5-8-19(10-21(17)15(14)2)26-22-27-23(32)29(12-20(31)13-30)24(33)28(22)11-16-3-6-18(25)7-4-16/h3-8,10,20,30-31H,9,11-13H2,1-2H3,(H,26,27,32)/t20-/m0/s1. The van der Waals surface area contributed by atoms with Crippen LogP contribution in [0.3, 0.4) is 0 Å². The minimum Gasteiger partial charge on any atom is -0.394 e. The minimum atomic E-state index is -1.25. The molecular formula is C24H25ClN4O4. The summed E-state index contributed by atoms with van der Waals surface area (Å²) in [5, 5.41) is 22.6. The van der Waals surface area contributed by atoms with Gasteiger partial charge in [-0.05, 0) is 66.8 Å². The summed E-state index contributed by atoms with van der Waals surface area (Å²) in [6.45, 7) is 3.38. The van der Waals surface area contributed by atoms with Gasteiger partial charge in [-0.15, -0.1) is 0 Å². The van der Waals surface area contributed by atoms with Gasteiger partial charge in [-0.1, -0.05) is 35.4 Å². The Balaban J connectivity index is 1.77. The van der Waals surface area contributed by atoms with Crippen LogP contribution in [-0.4, -0.2) is 37.0 Å². The molecule has 0 spiro atoms. The van der Waals surface area contributed by atoms with E-state index in [0.717, 1.165) is 22.1 Å². The van der Waals surface area contributed by atoms with Crippen molar-refractivity contribution in [1.29, 1.82) is 0 Å². The van der Waals surface area contributed by atoms with Crippen LogP contribution in [0.25, 0.3) is 5.57 Å². The summed E-state index contributed by atoms with van der Waals surface area (Å²) in [4.78, 5) is 29.9. The number of aliphatic hydroxyl groups is 2. The zero-order valence-corrected chi connectivity index (χ0v) is 19.1. The monoisotopic (exact) mass is 468 g/mol. The number of fused-ring (bicyclic) bond motifs is 1. The Bertz CT molecular complexity index is 1340. The van der Waals surface area contributed by atoms with Crippen LogP contribution < -0.4 is 16.7 Å². The van der Waals surface area contributed by atoms with E-state index in [2.05, 4.69) is 24.1 Å². The topological polar surface area (TPSA) is 109 Å². The minimum absolute atomic E-state index is 0.0889. The van der Waals surface area contributed by atoms with Gasteiger partial charge in [0.05, 0.1) is 25.8 Å². The molecule has 0 saturated carbocycles. The highest BCUT2D eigenvalue weighted by molar-refractivity contribution is 6.30. The lowest BCUT2D eigenvalue weighted by Crippen LogP contribution is -2.45. The molecule has 3 aromatic rings. The summed E-state index contributed by atoms with van der Waals surface area (Å²) in [6, 6.07) is 12.9. The molecule has 9 heteroatoms. The number of halogens is 1. The highest BCUT2D eigenvalue weighted by atomic mass is 35.5. The van der Waals surface area contributed by atoms with Crippen LogP contribution in [0.4, 0.5) is 11.6 Å². The Hall–Kier alpha value is -3.20. The van der Waals surface area contributed by atoms with E-state index in [1.54, 1.807) is 24.3 Å². The zero-order chi connectivity index (χ0) is 23.7. The van der Waals surface area contributed by atoms with E-state index < -0.39 is 24.1 Å². The van der Waals surface area contributed by atoms with Crippen molar-refractivity contribution in [3.8, 4) is 0 Å². The van der Waals surface area contributed by atoms with Crippen molar-refractivity contribution < 1.29 is 10.2 Å². The van der Waals surface area contributed by atoms with Gasteiger partial charge in [-0.3, -0.25) is 4.57 Å². The summed E-state index contributed by atoms with van der Waals surface area (Å²) in [7, 11) is 0. The maximum Gasteiger partial charge on any atom is 0.355 e. The fraction of sp³-hybridized carbons (Fsp3) is 0.292. The highest BCUT2D eigenvalue weighted by Crippen LogP contribution is 2.34. The van der Waals surface area contributed by atoms with Crippen LogP contribution in [0.2, 0.25) is 5.02 Å². The molecule has 0 saturated heterocycles. The summed E-state index contributed by atoms with van der Waals surface area (Å²) in [6.07, 6.45) is -0.348. The van der Waals surface area contributed by atoms with Gasteiger partial charge in [-0.2, -0.15) is 4.98 Å². The molecule has 0 fully saturated rings. The number of benzene rings is 2. The molecule has 8 nitrogen and oxygen atoms in total. The average Bonchev–Trinajstić information content (AvgIpc) is 3.08. The van der Waals surface area contributed by atoms with E-state index in [0.29, 0.717) is 10.7 Å². The Kier molecular flexibility index (Phi) is 6.51. The molecule has 1 atom stereocenters. The van der Waals surface area contributed by atoms with Gasteiger partial charge in [0.15, 0.2) is 0 Å². The number of allylic oxidation sites excluding steroid dienone is 2. The maximum absolute atomic E-state index is 13.2. The van der Waals surface area contributed by atoms with Gasteiger partial charge in [0.25, 0.3) is 0 Å². The number of nitrogens with zero attached hydrogens (tertiary/aromatic N) is 3. The third-order valence-electron chi connectivity index (χ3n) is 5.87. The molecule has 1 aliphatic rings. The molecule has 172 valence electrons. The van der Waals surface area contributed by atoms with E-state index in [-0.39, 0.29) is 19.0 Å². The van der Waals surface area contributed by atoms with Gasteiger partial charge in [0.2, 0.25) is 5.95 Å². The molecule has 0 bridgehead atoms. The maximum atomic E-state index is 13.2. The first kappa shape index (κ1) is 23.0. The second-order valence-electron chi connectivity index (χ2n) is 8.24. The number of aromatic nitrogens is 3. The number of aliphatic hydroxyl groups excluding tert-OH is 2. The highest BCUT2D eigenvalue weighted by Gasteiger charge is 2.19. The lowest BCUT2D eigenvalue weighted by atomic mass is 10.1. The number of hydrogen-bond acceptors (Lipinski definition) is 6. The van der Waals surface area contributed by atoms with Crippen molar-refractivity contribution in [2.45, 2.75) is 39.5 Å². The average molecular weight is 469 g/mol. The van der Waals surface area contributed by atoms with Crippen molar-refractivity contribution in [3.63, 3.8) is 0 Å². The molecule has 0 radical (unpaired) electrons. The van der Waals surface area contributed by atoms with E-state index in [9.17, 15) is 14.7 Å². The molecule has 3 N–H and O–H groups in total. The quantitative estimate of drug-likeness (QED) is 0.491. The van der Waals surface area contributed by atoms with E-state index in [1.807, 2.05) is 18.2 Å². The van der Waals surface area contributed by atoms with E-state index in [1.165, 1.54) is 21.3 Å². The number of hydrogen-bond donors (Lipinski definition) is 3. The zero-order valence-electron chi connectivity index (χ0n) is 18.4. The number of rotatable bonds is 7. The van der Waals surface area contributed by atoms with Crippen molar-refractivity contribution in [2.75, 3.05) is 11.9 Å². The van der Waals surface area contributed by atoms with Gasteiger partial charge < -0.3 is 15.5 Å². The van der Waals surface area contributed by atoms with Crippen molar-refractivity contribution in [3.05, 3.63) is 90.7 Å². The van der Waals surface area contributed by atoms with Gasteiger partial charge in [0.1, 0.15) is 0 Å². The molecule has 0 amide bonds. The largest absolute Gasteiger partial charge is 0.394 e. The molecule has 1 aliphatic carbocycles. The van der Waals surface area contributed by atoms with Crippen LogP contribution in [0.1, 0.15) is 30.5 Å².